The van der Waals surface area contributed by atoms with Crippen LogP contribution < -0.4 is 14.0 Å². The summed E-state index contributed by atoms with van der Waals surface area (Å²) in [6.45, 7) is 15.4. The third kappa shape index (κ3) is 6.39. The predicted molar refractivity (Wildman–Crippen MR) is 98.2 cm³/mol. The molecule has 0 aliphatic heterocycles. The van der Waals surface area contributed by atoms with E-state index < -0.39 is 36.4 Å². The second kappa shape index (κ2) is 9.68. The Morgan fingerprint density at radius 1 is 0.864 bits per heavy atom. The van der Waals surface area contributed by atoms with E-state index in [0.29, 0.717) is 6.61 Å². The van der Waals surface area contributed by atoms with Crippen LogP contribution >= 0.6 is 0 Å². The Bertz CT molecular complexity index is 454. The number of benzene rings is 1. The van der Waals surface area contributed by atoms with Crippen molar-refractivity contribution in [3.63, 3.8) is 0 Å². The van der Waals surface area contributed by atoms with Gasteiger partial charge < -0.3 is 17.4 Å². The van der Waals surface area contributed by atoms with Gasteiger partial charge in [0.2, 0.25) is 0 Å². The lowest BCUT2D eigenvalue weighted by Crippen LogP contribution is -2.41. The van der Waals surface area contributed by atoms with Crippen LogP contribution in [0.2, 0.25) is 39.3 Å². The molecule has 0 fully saturated rings. The SMILES string of the molecule is CCO[Si](O[Si](C)C)c1cccc(O[Si](C)C)c1O[Si](C)C. The van der Waals surface area contributed by atoms with Gasteiger partial charge in [-0.15, -0.1) is 0 Å². The van der Waals surface area contributed by atoms with Crippen molar-refractivity contribution in [3.05, 3.63) is 18.2 Å². The summed E-state index contributed by atoms with van der Waals surface area (Å²) in [4.78, 5) is 0. The summed E-state index contributed by atoms with van der Waals surface area (Å²) in [5, 5.41) is 1.03. The molecule has 1 rings (SSSR count). The van der Waals surface area contributed by atoms with Gasteiger partial charge in [-0.25, -0.2) is 0 Å². The van der Waals surface area contributed by atoms with Crippen LogP contribution in [0, 0.1) is 0 Å². The van der Waals surface area contributed by atoms with Gasteiger partial charge in [0.05, 0.1) is 0 Å². The predicted octanol–water partition coefficient (Wildman–Crippen LogP) is 2.95. The highest BCUT2D eigenvalue weighted by molar-refractivity contribution is 6.71. The molecule has 0 bridgehead atoms. The van der Waals surface area contributed by atoms with E-state index in [-0.39, 0.29) is 0 Å². The van der Waals surface area contributed by atoms with Crippen molar-refractivity contribution in [3.8, 4) is 11.5 Å². The Kier molecular flexibility index (Phi) is 8.65. The van der Waals surface area contributed by atoms with Gasteiger partial charge in [0, 0.05) is 11.8 Å². The Hall–Kier alpha value is -0.392. The molecule has 4 radical (unpaired) electrons. The number of para-hydroxylation sites is 1. The van der Waals surface area contributed by atoms with E-state index >= 15 is 0 Å². The lowest BCUT2D eigenvalue weighted by molar-refractivity contribution is 0.294. The van der Waals surface area contributed by atoms with E-state index in [1.165, 1.54) is 0 Å². The summed E-state index contributed by atoms with van der Waals surface area (Å²) in [5.74, 6) is 1.66. The maximum absolute atomic E-state index is 6.16. The van der Waals surface area contributed by atoms with Crippen LogP contribution in [-0.2, 0) is 8.54 Å². The monoisotopic (exact) mass is 370 g/mol. The first-order valence-corrected chi connectivity index (χ1v) is 16.0. The van der Waals surface area contributed by atoms with E-state index in [1.54, 1.807) is 0 Å². The van der Waals surface area contributed by atoms with Gasteiger partial charge in [0.1, 0.15) is 11.5 Å². The van der Waals surface area contributed by atoms with Crippen molar-refractivity contribution in [1.29, 1.82) is 0 Å². The quantitative estimate of drug-likeness (QED) is 0.626. The van der Waals surface area contributed by atoms with Crippen molar-refractivity contribution in [2.24, 2.45) is 0 Å². The zero-order valence-corrected chi connectivity index (χ0v) is 18.6. The van der Waals surface area contributed by atoms with Gasteiger partial charge in [-0.1, -0.05) is 12.1 Å². The molecule has 0 aromatic heterocycles. The normalized spacial score (nSPS) is 11.8. The fraction of sp³-hybridized carbons (Fsp3) is 0.571. The van der Waals surface area contributed by atoms with E-state index in [9.17, 15) is 0 Å². The van der Waals surface area contributed by atoms with Crippen molar-refractivity contribution in [2.45, 2.75) is 46.2 Å². The maximum atomic E-state index is 6.16. The second-order valence-electron chi connectivity index (χ2n) is 5.38. The molecule has 22 heavy (non-hydrogen) atoms. The molecule has 0 saturated carbocycles. The van der Waals surface area contributed by atoms with Gasteiger partial charge in [-0.2, -0.15) is 0 Å². The third-order valence-corrected chi connectivity index (χ3v) is 7.39. The highest BCUT2D eigenvalue weighted by atomic mass is 28.4. The van der Waals surface area contributed by atoms with Crippen LogP contribution in [0.1, 0.15) is 6.92 Å². The standard InChI is InChI=1S/C14H26O4Si4/c1-8-15-22(18-21(6)7)13-11-9-10-12(16-19(2)3)14(13)17-20(4)5/h9-11H,8H2,1-7H3. The molecule has 0 aliphatic rings. The summed E-state index contributed by atoms with van der Waals surface area (Å²) in [7, 11) is -4.13. The maximum Gasteiger partial charge on any atom is 0.416 e. The van der Waals surface area contributed by atoms with E-state index in [4.69, 9.17) is 17.4 Å². The highest BCUT2D eigenvalue weighted by Crippen LogP contribution is 2.27. The van der Waals surface area contributed by atoms with Crippen molar-refractivity contribution < 1.29 is 17.4 Å². The lowest BCUT2D eigenvalue weighted by atomic mass is 10.3. The second-order valence-corrected chi connectivity index (χ2v) is 13.5. The first-order valence-electron chi connectivity index (χ1n) is 7.42. The summed E-state index contributed by atoms with van der Waals surface area (Å²) in [6, 6.07) is 6.04. The van der Waals surface area contributed by atoms with Gasteiger partial charge in [0.25, 0.3) is 18.1 Å². The van der Waals surface area contributed by atoms with Gasteiger partial charge in [-0.3, -0.25) is 0 Å². The molecule has 0 atom stereocenters. The Labute approximate surface area is 141 Å². The Balaban J connectivity index is 3.23. The molecular weight excluding hydrogens is 344 g/mol. The van der Waals surface area contributed by atoms with Gasteiger partial charge >= 0.3 is 9.28 Å². The summed E-state index contributed by atoms with van der Waals surface area (Å²) >= 11 is 0. The zero-order chi connectivity index (χ0) is 16.7. The molecule has 0 spiro atoms. The fourth-order valence-corrected chi connectivity index (χ4v) is 6.25. The largest absolute Gasteiger partial charge is 0.540 e. The summed E-state index contributed by atoms with van der Waals surface area (Å²) < 4.78 is 24.2. The van der Waals surface area contributed by atoms with Crippen LogP contribution in [0.25, 0.3) is 0 Å². The molecule has 0 saturated heterocycles. The average Bonchev–Trinajstić information content (AvgIpc) is 2.38. The summed E-state index contributed by atoms with van der Waals surface area (Å²) in [5.41, 5.74) is 0. The number of hydrogen-bond acceptors (Lipinski definition) is 4. The van der Waals surface area contributed by atoms with Gasteiger partial charge in [0.15, 0.2) is 9.04 Å². The average molecular weight is 371 g/mol. The van der Waals surface area contributed by atoms with E-state index in [2.05, 4.69) is 45.3 Å². The molecule has 0 amide bonds. The fourth-order valence-electron chi connectivity index (χ4n) is 1.76. The molecule has 1 aromatic rings. The lowest BCUT2D eigenvalue weighted by Gasteiger charge is -2.23. The van der Waals surface area contributed by atoms with Crippen LogP contribution in [-0.4, -0.2) is 43.0 Å². The molecule has 1 aromatic carbocycles. The first-order chi connectivity index (χ1) is 10.3. The minimum Gasteiger partial charge on any atom is -0.540 e. The molecule has 0 aliphatic carbocycles. The van der Waals surface area contributed by atoms with Crippen molar-refractivity contribution >= 4 is 41.6 Å². The van der Waals surface area contributed by atoms with Crippen LogP contribution in [0.5, 0.6) is 11.5 Å². The molecule has 8 heteroatoms. The number of hydrogen-bond donors (Lipinski definition) is 0. The Morgan fingerprint density at radius 3 is 2.00 bits per heavy atom. The minimum atomic E-state index is -1.54. The van der Waals surface area contributed by atoms with Crippen molar-refractivity contribution in [1.82, 2.24) is 0 Å². The molecule has 122 valence electrons. The van der Waals surface area contributed by atoms with E-state index in [0.717, 1.165) is 16.7 Å². The molecule has 0 heterocycles. The first kappa shape index (κ1) is 19.7. The minimum absolute atomic E-state index is 0.640. The number of rotatable bonds is 9. The Morgan fingerprint density at radius 2 is 1.50 bits per heavy atom. The zero-order valence-electron chi connectivity index (χ0n) is 14.6. The topological polar surface area (TPSA) is 36.9 Å². The third-order valence-electron chi connectivity index (χ3n) is 2.39. The highest BCUT2D eigenvalue weighted by Gasteiger charge is 2.27. The molecule has 0 N–H and O–H groups in total. The van der Waals surface area contributed by atoms with Crippen LogP contribution in [0.15, 0.2) is 18.2 Å². The van der Waals surface area contributed by atoms with Gasteiger partial charge in [-0.05, 0) is 52.3 Å². The van der Waals surface area contributed by atoms with E-state index in [1.807, 2.05) is 19.1 Å². The summed E-state index contributed by atoms with van der Waals surface area (Å²) in [6.07, 6.45) is 0. The van der Waals surface area contributed by atoms with Crippen molar-refractivity contribution in [2.75, 3.05) is 6.61 Å². The molecular formula is C14H26O4Si4. The molecule has 4 nitrogen and oxygen atoms in total. The van der Waals surface area contributed by atoms with Crippen LogP contribution in [0.3, 0.4) is 0 Å². The smallest absolute Gasteiger partial charge is 0.416 e. The molecule has 0 unspecified atom stereocenters. The van der Waals surface area contributed by atoms with Crippen LogP contribution in [0.4, 0.5) is 0 Å².